The Bertz CT molecular complexity index is 1020. The predicted octanol–water partition coefficient (Wildman–Crippen LogP) is 2.83. The van der Waals surface area contributed by atoms with E-state index >= 15 is 0 Å². The molecule has 1 heterocycles. The molecule has 1 aliphatic heterocycles. The fraction of sp³-hybridized carbons (Fsp3) is 0.250. The summed E-state index contributed by atoms with van der Waals surface area (Å²) in [4.78, 5) is 12.5. The number of hydrogen-bond donors (Lipinski definition) is 1. The molecule has 0 unspecified atom stereocenters. The molecule has 0 fully saturated rings. The van der Waals surface area contributed by atoms with Crippen molar-refractivity contribution in [2.24, 2.45) is 5.10 Å². The SMILES string of the molecule is COc1ccc(C2=NN(C(=O)COc3ccccc3C#N)[C@@](O)(C(F)(F)F)C2)cc1. The number of nitrogens with zero attached hydrogens (tertiary/aromatic N) is 3. The Balaban J connectivity index is 1.87. The second kappa shape index (κ2) is 8.04. The van der Waals surface area contributed by atoms with Gasteiger partial charge in [0, 0.05) is 0 Å². The minimum Gasteiger partial charge on any atom is -0.497 e. The maximum absolute atomic E-state index is 13.6. The molecule has 0 aromatic heterocycles. The van der Waals surface area contributed by atoms with Gasteiger partial charge in [0.05, 0.1) is 24.8 Å². The van der Waals surface area contributed by atoms with Gasteiger partial charge in [-0.25, -0.2) is 0 Å². The summed E-state index contributed by atoms with van der Waals surface area (Å²) in [5, 5.41) is 23.1. The van der Waals surface area contributed by atoms with Crippen molar-refractivity contribution in [2.45, 2.75) is 18.3 Å². The van der Waals surface area contributed by atoms with Crippen LogP contribution in [-0.4, -0.2) is 47.4 Å². The zero-order chi connectivity index (χ0) is 21.9. The minimum absolute atomic E-state index is 0.0123. The number of hydrogen-bond acceptors (Lipinski definition) is 6. The average Bonchev–Trinajstić information content (AvgIpc) is 3.11. The number of alkyl halides is 3. The number of rotatable bonds is 5. The first-order chi connectivity index (χ1) is 14.2. The van der Waals surface area contributed by atoms with Crippen LogP contribution in [0, 0.1) is 11.3 Å². The molecule has 10 heteroatoms. The molecular formula is C20H16F3N3O4. The Hall–Kier alpha value is -3.58. The van der Waals surface area contributed by atoms with Gasteiger partial charge in [-0.15, -0.1) is 0 Å². The van der Waals surface area contributed by atoms with E-state index in [2.05, 4.69) is 5.10 Å². The van der Waals surface area contributed by atoms with Crippen LogP contribution in [0.25, 0.3) is 0 Å². The highest BCUT2D eigenvalue weighted by molar-refractivity contribution is 6.03. The molecule has 1 amide bonds. The summed E-state index contributed by atoms with van der Waals surface area (Å²) in [6.07, 6.45) is -6.10. The number of amides is 1. The molecule has 0 bridgehead atoms. The third-order valence-corrected chi connectivity index (χ3v) is 4.46. The summed E-state index contributed by atoms with van der Waals surface area (Å²) >= 11 is 0. The molecule has 0 radical (unpaired) electrons. The van der Waals surface area contributed by atoms with E-state index in [0.717, 1.165) is 0 Å². The molecule has 3 rings (SSSR count). The van der Waals surface area contributed by atoms with Crippen LogP contribution in [0.5, 0.6) is 11.5 Å². The first-order valence-corrected chi connectivity index (χ1v) is 8.65. The lowest BCUT2D eigenvalue weighted by Gasteiger charge is -2.32. The van der Waals surface area contributed by atoms with Crippen LogP contribution >= 0.6 is 0 Å². The van der Waals surface area contributed by atoms with E-state index in [0.29, 0.717) is 11.3 Å². The number of nitriles is 1. The maximum Gasteiger partial charge on any atom is 0.438 e. The van der Waals surface area contributed by atoms with Gasteiger partial charge in [-0.05, 0) is 42.0 Å². The largest absolute Gasteiger partial charge is 0.497 e. The smallest absolute Gasteiger partial charge is 0.438 e. The third-order valence-electron chi connectivity index (χ3n) is 4.46. The Morgan fingerprint density at radius 2 is 1.93 bits per heavy atom. The van der Waals surface area contributed by atoms with E-state index in [-0.39, 0.29) is 22.0 Å². The highest BCUT2D eigenvalue weighted by Crippen LogP contribution is 2.41. The van der Waals surface area contributed by atoms with Gasteiger partial charge in [0.1, 0.15) is 17.6 Å². The van der Waals surface area contributed by atoms with Crippen LogP contribution < -0.4 is 9.47 Å². The lowest BCUT2D eigenvalue weighted by Crippen LogP contribution is -2.57. The van der Waals surface area contributed by atoms with Gasteiger partial charge in [-0.1, -0.05) is 12.1 Å². The summed E-state index contributed by atoms with van der Waals surface area (Å²) in [5.74, 6) is -0.700. The van der Waals surface area contributed by atoms with Gasteiger partial charge >= 0.3 is 6.18 Å². The van der Waals surface area contributed by atoms with E-state index in [1.165, 1.54) is 43.5 Å². The van der Waals surface area contributed by atoms with Crippen molar-refractivity contribution in [2.75, 3.05) is 13.7 Å². The highest BCUT2D eigenvalue weighted by Gasteiger charge is 2.63. The Kier molecular flexibility index (Phi) is 5.67. The van der Waals surface area contributed by atoms with Crippen molar-refractivity contribution >= 4 is 11.6 Å². The molecule has 1 atom stereocenters. The average molecular weight is 419 g/mol. The highest BCUT2D eigenvalue weighted by atomic mass is 19.4. The predicted molar refractivity (Wildman–Crippen MR) is 98.7 cm³/mol. The summed E-state index contributed by atoms with van der Waals surface area (Å²) in [5.41, 5.74) is -3.23. The van der Waals surface area contributed by atoms with Crippen LogP contribution in [0.1, 0.15) is 17.5 Å². The molecule has 2 aromatic carbocycles. The van der Waals surface area contributed by atoms with E-state index in [1.54, 1.807) is 12.1 Å². The number of carbonyl (C=O) groups excluding carboxylic acids is 1. The summed E-state index contributed by atoms with van der Waals surface area (Å²) in [6, 6.07) is 13.8. The fourth-order valence-electron chi connectivity index (χ4n) is 2.86. The Labute approximate surface area is 169 Å². The van der Waals surface area contributed by atoms with Gasteiger partial charge in [0.15, 0.2) is 6.61 Å². The van der Waals surface area contributed by atoms with Gasteiger partial charge in [-0.3, -0.25) is 4.79 Å². The number of methoxy groups -OCH3 is 1. The molecule has 0 saturated heterocycles. The molecule has 0 aliphatic carbocycles. The number of carbonyl (C=O) groups is 1. The number of benzene rings is 2. The number of aliphatic hydroxyl groups is 1. The number of ether oxygens (including phenoxy) is 2. The zero-order valence-corrected chi connectivity index (χ0v) is 15.7. The Morgan fingerprint density at radius 3 is 2.53 bits per heavy atom. The lowest BCUT2D eigenvalue weighted by atomic mass is 10.0. The van der Waals surface area contributed by atoms with Crippen molar-refractivity contribution in [3.8, 4) is 17.6 Å². The van der Waals surface area contributed by atoms with Crippen LogP contribution in [0.15, 0.2) is 53.6 Å². The molecule has 0 spiro atoms. The summed E-state index contributed by atoms with van der Waals surface area (Å²) in [7, 11) is 1.44. The van der Waals surface area contributed by atoms with Crippen LogP contribution in [0.3, 0.4) is 0 Å². The van der Waals surface area contributed by atoms with Crippen molar-refractivity contribution in [3.63, 3.8) is 0 Å². The van der Waals surface area contributed by atoms with Crippen LogP contribution in [0.2, 0.25) is 0 Å². The van der Waals surface area contributed by atoms with Crippen molar-refractivity contribution in [3.05, 3.63) is 59.7 Å². The van der Waals surface area contributed by atoms with Gasteiger partial charge in [0.2, 0.25) is 0 Å². The topological polar surface area (TPSA) is 95.1 Å². The fourth-order valence-corrected chi connectivity index (χ4v) is 2.86. The zero-order valence-electron chi connectivity index (χ0n) is 15.7. The van der Waals surface area contributed by atoms with Crippen LogP contribution in [0.4, 0.5) is 13.2 Å². The molecular weight excluding hydrogens is 403 g/mol. The second-order valence-corrected chi connectivity index (χ2v) is 6.37. The van der Waals surface area contributed by atoms with E-state index in [4.69, 9.17) is 14.7 Å². The first kappa shape index (κ1) is 21.1. The summed E-state index contributed by atoms with van der Waals surface area (Å²) in [6.45, 7) is -0.851. The second-order valence-electron chi connectivity index (χ2n) is 6.37. The van der Waals surface area contributed by atoms with Gasteiger partial charge in [-0.2, -0.15) is 28.5 Å². The molecule has 2 aromatic rings. The molecule has 7 nitrogen and oxygen atoms in total. The molecule has 0 saturated carbocycles. The first-order valence-electron chi connectivity index (χ1n) is 8.65. The normalized spacial score (nSPS) is 18.5. The quantitative estimate of drug-likeness (QED) is 0.804. The maximum atomic E-state index is 13.6. The van der Waals surface area contributed by atoms with Gasteiger partial charge in [0.25, 0.3) is 11.6 Å². The lowest BCUT2D eigenvalue weighted by molar-refractivity contribution is -0.302. The van der Waals surface area contributed by atoms with Gasteiger partial charge < -0.3 is 14.6 Å². The van der Waals surface area contributed by atoms with Crippen molar-refractivity contribution in [1.29, 1.82) is 5.26 Å². The molecule has 156 valence electrons. The summed E-state index contributed by atoms with van der Waals surface area (Å²) < 4.78 is 51.1. The third kappa shape index (κ3) is 3.92. The molecule has 1 aliphatic rings. The standard InChI is InChI=1S/C20H16F3N3O4/c1-29-15-8-6-13(7-9-15)16-10-19(28,20(21,22)23)26(25-16)18(27)12-30-17-5-3-2-4-14(17)11-24/h2-9,28H,10,12H2,1H3/t19-/m0/s1. The Morgan fingerprint density at radius 1 is 1.27 bits per heavy atom. The number of para-hydroxylation sites is 1. The molecule has 30 heavy (non-hydrogen) atoms. The van der Waals surface area contributed by atoms with Crippen LogP contribution in [-0.2, 0) is 4.79 Å². The van der Waals surface area contributed by atoms with Crippen molar-refractivity contribution < 1.29 is 32.5 Å². The van der Waals surface area contributed by atoms with Crippen molar-refractivity contribution in [1.82, 2.24) is 5.01 Å². The van der Waals surface area contributed by atoms with E-state index in [9.17, 15) is 23.1 Å². The monoisotopic (exact) mass is 419 g/mol. The minimum atomic E-state index is -5.16. The van der Waals surface area contributed by atoms with E-state index in [1.807, 2.05) is 6.07 Å². The molecule has 1 N–H and O–H groups in total. The number of hydrazone groups is 1. The van der Waals surface area contributed by atoms with E-state index < -0.39 is 30.8 Å². The number of halogens is 3.